The summed E-state index contributed by atoms with van der Waals surface area (Å²) < 4.78 is 0. The van der Waals surface area contributed by atoms with Crippen molar-refractivity contribution in [2.24, 2.45) is 0 Å². The zero-order valence-electron chi connectivity index (χ0n) is 11.9. The van der Waals surface area contributed by atoms with Crippen molar-refractivity contribution in [1.29, 1.82) is 0 Å². The molecule has 2 N–H and O–H groups in total. The molecule has 0 aromatic heterocycles. The summed E-state index contributed by atoms with van der Waals surface area (Å²) in [5, 5.41) is 14.1. The molecule has 1 aliphatic carbocycles. The van der Waals surface area contributed by atoms with Gasteiger partial charge in [0.2, 0.25) is 0 Å². The largest absolute Gasteiger partial charge is 0.389 e. The minimum atomic E-state index is -0.597. The Bertz CT molecular complexity index is 530. The lowest BCUT2D eigenvalue weighted by Crippen LogP contribution is -2.46. The van der Waals surface area contributed by atoms with Gasteiger partial charge in [-0.1, -0.05) is 18.7 Å². The van der Waals surface area contributed by atoms with Gasteiger partial charge in [-0.3, -0.25) is 0 Å². The second-order valence-corrected chi connectivity index (χ2v) is 6.27. The first-order valence-electron chi connectivity index (χ1n) is 7.24. The molecule has 102 valence electrons. The number of fused-ring (bicyclic) bond motifs is 1. The van der Waals surface area contributed by atoms with Crippen LogP contribution in [0.2, 0.25) is 0 Å². The van der Waals surface area contributed by atoms with Gasteiger partial charge in [-0.25, -0.2) is 0 Å². The maximum Gasteiger partial charge on any atom is 0.0712 e. The SMILES string of the molecule is C=C1CCc2c1ccc(C1CNCCC1(C)O)c2C. The van der Waals surface area contributed by atoms with Crippen LogP contribution in [0.5, 0.6) is 0 Å². The molecule has 0 radical (unpaired) electrons. The maximum absolute atomic E-state index is 10.7. The highest BCUT2D eigenvalue weighted by atomic mass is 16.3. The summed E-state index contributed by atoms with van der Waals surface area (Å²) in [4.78, 5) is 0. The molecular formula is C17H23NO. The second-order valence-electron chi connectivity index (χ2n) is 6.27. The molecule has 19 heavy (non-hydrogen) atoms. The third kappa shape index (κ3) is 2.03. The van der Waals surface area contributed by atoms with Gasteiger partial charge < -0.3 is 10.4 Å². The monoisotopic (exact) mass is 257 g/mol. The van der Waals surface area contributed by atoms with Gasteiger partial charge in [0.25, 0.3) is 0 Å². The van der Waals surface area contributed by atoms with Crippen molar-refractivity contribution >= 4 is 5.57 Å². The van der Waals surface area contributed by atoms with Gasteiger partial charge in [0.05, 0.1) is 5.60 Å². The summed E-state index contributed by atoms with van der Waals surface area (Å²) in [5.74, 6) is 0.195. The third-order valence-electron chi connectivity index (χ3n) is 4.98. The fourth-order valence-electron chi connectivity index (χ4n) is 3.64. The van der Waals surface area contributed by atoms with E-state index in [1.165, 1.54) is 27.8 Å². The lowest BCUT2D eigenvalue weighted by molar-refractivity contribution is 0.00760. The van der Waals surface area contributed by atoms with E-state index in [1.54, 1.807) is 0 Å². The summed E-state index contributed by atoms with van der Waals surface area (Å²) in [6, 6.07) is 4.41. The number of allylic oxidation sites excluding steroid dienone is 1. The molecule has 0 amide bonds. The predicted molar refractivity (Wildman–Crippen MR) is 79.4 cm³/mol. The first-order valence-corrected chi connectivity index (χ1v) is 7.24. The Labute approximate surface area is 115 Å². The van der Waals surface area contributed by atoms with Gasteiger partial charge in [-0.2, -0.15) is 0 Å². The van der Waals surface area contributed by atoms with Crippen molar-refractivity contribution in [1.82, 2.24) is 5.32 Å². The fraction of sp³-hybridized carbons (Fsp3) is 0.529. The van der Waals surface area contributed by atoms with Crippen LogP contribution in [0.4, 0.5) is 0 Å². The van der Waals surface area contributed by atoms with Crippen molar-refractivity contribution in [2.75, 3.05) is 13.1 Å². The number of nitrogens with one attached hydrogen (secondary N) is 1. The molecule has 1 aliphatic heterocycles. The summed E-state index contributed by atoms with van der Waals surface area (Å²) in [6.45, 7) is 10.1. The number of aliphatic hydroxyl groups is 1. The molecule has 1 fully saturated rings. The molecule has 0 spiro atoms. The van der Waals surface area contributed by atoms with Crippen LogP contribution in [0.25, 0.3) is 5.57 Å². The maximum atomic E-state index is 10.7. The van der Waals surface area contributed by atoms with Gasteiger partial charge in [-0.15, -0.1) is 0 Å². The summed E-state index contributed by atoms with van der Waals surface area (Å²) in [5.41, 5.74) is 6.13. The van der Waals surface area contributed by atoms with Gasteiger partial charge in [0, 0.05) is 12.5 Å². The molecule has 0 saturated carbocycles. The van der Waals surface area contributed by atoms with Crippen LogP contribution in [-0.4, -0.2) is 23.8 Å². The minimum absolute atomic E-state index is 0.195. The average Bonchev–Trinajstić information content (AvgIpc) is 2.73. The zero-order valence-corrected chi connectivity index (χ0v) is 11.9. The number of rotatable bonds is 1. The van der Waals surface area contributed by atoms with E-state index in [1.807, 2.05) is 6.92 Å². The van der Waals surface area contributed by atoms with E-state index in [2.05, 4.69) is 31.0 Å². The Morgan fingerprint density at radius 1 is 1.37 bits per heavy atom. The van der Waals surface area contributed by atoms with Crippen LogP contribution >= 0.6 is 0 Å². The molecule has 2 atom stereocenters. The lowest BCUT2D eigenvalue weighted by atomic mass is 9.76. The molecule has 3 rings (SSSR count). The van der Waals surface area contributed by atoms with E-state index in [0.717, 1.165) is 32.4 Å². The third-order valence-corrected chi connectivity index (χ3v) is 4.98. The molecule has 1 saturated heterocycles. The minimum Gasteiger partial charge on any atom is -0.389 e. The Morgan fingerprint density at radius 3 is 2.89 bits per heavy atom. The lowest BCUT2D eigenvalue weighted by Gasteiger charge is -2.39. The van der Waals surface area contributed by atoms with Crippen LogP contribution in [0.3, 0.4) is 0 Å². The first-order chi connectivity index (χ1) is 9.00. The normalized spacial score (nSPS) is 30.5. The molecule has 0 bridgehead atoms. The van der Waals surface area contributed by atoms with Crippen molar-refractivity contribution < 1.29 is 5.11 Å². The molecular weight excluding hydrogens is 234 g/mol. The van der Waals surface area contributed by atoms with Gasteiger partial charge >= 0.3 is 0 Å². The van der Waals surface area contributed by atoms with Gasteiger partial charge in [0.15, 0.2) is 0 Å². The molecule has 1 aromatic carbocycles. The summed E-state index contributed by atoms with van der Waals surface area (Å²) in [6.07, 6.45) is 3.01. The van der Waals surface area contributed by atoms with E-state index in [-0.39, 0.29) is 5.92 Å². The Balaban J connectivity index is 2.04. The first kappa shape index (κ1) is 12.9. The van der Waals surface area contributed by atoms with E-state index in [9.17, 15) is 5.11 Å². The van der Waals surface area contributed by atoms with Gasteiger partial charge in [-0.05, 0) is 67.5 Å². The van der Waals surface area contributed by atoms with Crippen LogP contribution in [0.1, 0.15) is 47.9 Å². The fourth-order valence-corrected chi connectivity index (χ4v) is 3.64. The molecule has 2 unspecified atom stereocenters. The van der Waals surface area contributed by atoms with Crippen molar-refractivity contribution in [3.05, 3.63) is 41.0 Å². The Kier molecular flexibility index (Phi) is 3.03. The quantitative estimate of drug-likeness (QED) is 0.811. The highest BCUT2D eigenvalue weighted by Crippen LogP contribution is 2.40. The van der Waals surface area contributed by atoms with E-state index >= 15 is 0 Å². The highest BCUT2D eigenvalue weighted by molar-refractivity contribution is 5.72. The molecule has 1 heterocycles. The highest BCUT2D eigenvalue weighted by Gasteiger charge is 2.37. The molecule has 2 aliphatic rings. The van der Waals surface area contributed by atoms with Crippen molar-refractivity contribution in [3.8, 4) is 0 Å². The molecule has 2 heteroatoms. The molecule has 2 nitrogen and oxygen atoms in total. The predicted octanol–water partition coefficient (Wildman–Crippen LogP) is 2.78. The number of hydrogen-bond acceptors (Lipinski definition) is 2. The topological polar surface area (TPSA) is 32.3 Å². The van der Waals surface area contributed by atoms with Crippen LogP contribution < -0.4 is 5.32 Å². The van der Waals surface area contributed by atoms with Crippen molar-refractivity contribution in [2.45, 2.75) is 44.6 Å². The summed E-state index contributed by atoms with van der Waals surface area (Å²) in [7, 11) is 0. The van der Waals surface area contributed by atoms with E-state index in [4.69, 9.17) is 0 Å². The van der Waals surface area contributed by atoms with Crippen LogP contribution in [0, 0.1) is 6.92 Å². The summed E-state index contributed by atoms with van der Waals surface area (Å²) >= 11 is 0. The standard InChI is InChI=1S/C17H23NO/c1-11-4-5-14-12(2)15(7-6-13(11)14)16-10-18-9-8-17(16,3)19/h6-7,16,18-19H,1,4-5,8-10H2,2-3H3. The smallest absolute Gasteiger partial charge is 0.0712 e. The van der Waals surface area contributed by atoms with Crippen LogP contribution in [0.15, 0.2) is 18.7 Å². The Hall–Kier alpha value is -1.12. The average molecular weight is 257 g/mol. The van der Waals surface area contributed by atoms with Crippen LogP contribution in [-0.2, 0) is 6.42 Å². The van der Waals surface area contributed by atoms with Crippen molar-refractivity contribution in [3.63, 3.8) is 0 Å². The number of hydrogen-bond donors (Lipinski definition) is 2. The Morgan fingerprint density at radius 2 is 2.16 bits per heavy atom. The number of benzene rings is 1. The second kappa shape index (κ2) is 4.46. The molecule has 1 aromatic rings. The van der Waals surface area contributed by atoms with E-state index < -0.39 is 5.60 Å². The van der Waals surface area contributed by atoms with E-state index in [0.29, 0.717) is 0 Å². The van der Waals surface area contributed by atoms with Gasteiger partial charge in [0.1, 0.15) is 0 Å². The number of piperidine rings is 1. The zero-order chi connectivity index (χ0) is 13.6.